The monoisotopic (exact) mass is 577 g/mol. The summed E-state index contributed by atoms with van der Waals surface area (Å²) in [5.41, 5.74) is 4.32. The van der Waals surface area contributed by atoms with Crippen LogP contribution in [0.5, 0.6) is 0 Å². The fraction of sp³-hybridized carbons (Fsp3) is 0.343. The Morgan fingerprint density at radius 2 is 1.53 bits per heavy atom. The zero-order chi connectivity index (χ0) is 30.3. The van der Waals surface area contributed by atoms with Crippen molar-refractivity contribution >= 4 is 28.6 Å². The van der Waals surface area contributed by atoms with Gasteiger partial charge in [-0.25, -0.2) is 0 Å². The number of hydrogen-bond donors (Lipinski definition) is 4. The number of fused-ring (bicyclic) bond motifs is 5. The molecule has 0 spiro atoms. The highest BCUT2D eigenvalue weighted by molar-refractivity contribution is 5.96. The van der Waals surface area contributed by atoms with Crippen molar-refractivity contribution in [2.24, 2.45) is 5.41 Å². The maximum Gasteiger partial charge on any atom is 0.246 e. The van der Waals surface area contributed by atoms with Crippen molar-refractivity contribution in [3.8, 4) is 0 Å². The van der Waals surface area contributed by atoms with Crippen LogP contribution in [-0.2, 0) is 20.8 Å². The lowest BCUT2D eigenvalue weighted by molar-refractivity contribution is -0.145. The molecule has 6 rings (SSSR count). The van der Waals surface area contributed by atoms with Crippen LogP contribution in [0.1, 0.15) is 61.7 Å². The first-order valence-corrected chi connectivity index (χ1v) is 15.0. The van der Waals surface area contributed by atoms with Crippen LogP contribution in [-0.4, -0.2) is 52.8 Å². The number of rotatable bonds is 7. The summed E-state index contributed by atoms with van der Waals surface area (Å²) in [5, 5.41) is 10.3. The second kappa shape index (κ2) is 11.3. The van der Waals surface area contributed by atoms with Crippen molar-refractivity contribution in [1.29, 1.82) is 0 Å². The second-order valence-corrected chi connectivity index (χ2v) is 12.5. The van der Waals surface area contributed by atoms with Crippen LogP contribution < -0.4 is 16.0 Å². The molecule has 3 aromatic carbocycles. The highest BCUT2D eigenvalue weighted by Gasteiger charge is 2.56. The normalized spacial score (nSPS) is 21.7. The molecule has 1 saturated heterocycles. The SMILES string of the molecule is CN[C@@H](C)C(=O)N[C@H]1Cc2c([nH]c3ccccc23)C2CC(C)(C)[C@@H](C(=O)NC(c3ccccc3)c3ccccc3)N2C1=O. The number of benzene rings is 3. The van der Waals surface area contributed by atoms with E-state index in [0.29, 0.717) is 12.8 Å². The zero-order valence-corrected chi connectivity index (χ0v) is 25.1. The highest BCUT2D eigenvalue weighted by atomic mass is 16.2. The summed E-state index contributed by atoms with van der Waals surface area (Å²) in [6.07, 6.45) is 0.949. The van der Waals surface area contributed by atoms with Gasteiger partial charge in [-0.2, -0.15) is 0 Å². The van der Waals surface area contributed by atoms with E-state index >= 15 is 0 Å². The summed E-state index contributed by atoms with van der Waals surface area (Å²) in [6.45, 7) is 5.87. The number of para-hydroxylation sites is 1. The lowest BCUT2D eigenvalue weighted by Crippen LogP contribution is -2.57. The van der Waals surface area contributed by atoms with Gasteiger partial charge >= 0.3 is 0 Å². The molecule has 43 heavy (non-hydrogen) atoms. The molecule has 2 aliphatic rings. The molecule has 4 aromatic rings. The standard InChI is InChI=1S/C35H39N5O3/c1-21(36-4)32(41)38-27-19-25-24-17-11-12-18-26(24)37-30(25)28-20-35(2,3)31(40(28)34(27)43)33(42)39-29(22-13-7-5-8-14-22)23-15-9-6-10-16-23/h5-18,21,27-29,31,36-37H,19-20H2,1-4H3,(H,38,41)(H,39,42)/t21-,27-,28?,31+/m0/s1. The van der Waals surface area contributed by atoms with Gasteiger partial charge in [0, 0.05) is 23.0 Å². The molecular weight excluding hydrogens is 538 g/mol. The number of nitrogens with one attached hydrogen (secondary N) is 4. The third-order valence-corrected chi connectivity index (χ3v) is 9.16. The molecule has 222 valence electrons. The predicted octanol–water partition coefficient (Wildman–Crippen LogP) is 4.39. The number of carbonyl (C=O) groups is 3. The molecule has 0 aliphatic carbocycles. The summed E-state index contributed by atoms with van der Waals surface area (Å²) >= 11 is 0. The van der Waals surface area contributed by atoms with Crippen LogP contribution in [0, 0.1) is 5.41 Å². The van der Waals surface area contributed by atoms with Crippen LogP contribution in [0.4, 0.5) is 0 Å². The van der Waals surface area contributed by atoms with E-state index in [1.54, 1.807) is 18.9 Å². The van der Waals surface area contributed by atoms with E-state index in [0.717, 1.165) is 33.3 Å². The average molecular weight is 578 g/mol. The van der Waals surface area contributed by atoms with Crippen molar-refractivity contribution in [3.05, 3.63) is 107 Å². The average Bonchev–Trinajstić information content (AvgIpc) is 3.50. The van der Waals surface area contributed by atoms with E-state index in [-0.39, 0.29) is 29.8 Å². The fourth-order valence-electron chi connectivity index (χ4n) is 6.88. The van der Waals surface area contributed by atoms with Crippen molar-refractivity contribution in [2.75, 3.05) is 7.05 Å². The van der Waals surface area contributed by atoms with E-state index in [1.807, 2.05) is 78.9 Å². The first kappa shape index (κ1) is 28.7. The van der Waals surface area contributed by atoms with E-state index < -0.39 is 23.5 Å². The number of aromatic amines is 1. The lowest BCUT2D eigenvalue weighted by atomic mass is 9.81. The Balaban J connectivity index is 1.42. The van der Waals surface area contributed by atoms with Gasteiger partial charge in [-0.3, -0.25) is 14.4 Å². The molecule has 0 bridgehead atoms. The van der Waals surface area contributed by atoms with E-state index in [9.17, 15) is 14.4 Å². The largest absolute Gasteiger partial charge is 0.356 e. The highest BCUT2D eigenvalue weighted by Crippen LogP contribution is 2.50. The van der Waals surface area contributed by atoms with Crippen molar-refractivity contribution in [1.82, 2.24) is 25.8 Å². The molecule has 0 radical (unpaired) electrons. The minimum Gasteiger partial charge on any atom is -0.356 e. The summed E-state index contributed by atoms with van der Waals surface area (Å²) in [7, 11) is 1.71. The Morgan fingerprint density at radius 1 is 0.930 bits per heavy atom. The van der Waals surface area contributed by atoms with Gasteiger partial charge in [-0.15, -0.1) is 0 Å². The van der Waals surface area contributed by atoms with Crippen molar-refractivity contribution in [3.63, 3.8) is 0 Å². The predicted molar refractivity (Wildman–Crippen MR) is 167 cm³/mol. The van der Waals surface area contributed by atoms with Gasteiger partial charge in [-0.05, 0) is 48.6 Å². The number of nitrogens with zero attached hydrogens (tertiary/aromatic N) is 1. The summed E-state index contributed by atoms with van der Waals surface area (Å²) in [6, 6.07) is 25.1. The Hall–Kier alpha value is -4.43. The summed E-state index contributed by atoms with van der Waals surface area (Å²) in [5.74, 6) is -0.711. The Morgan fingerprint density at radius 3 is 2.16 bits per heavy atom. The number of amides is 3. The van der Waals surface area contributed by atoms with Crippen molar-refractivity contribution < 1.29 is 14.4 Å². The zero-order valence-electron chi connectivity index (χ0n) is 25.1. The molecule has 3 amide bonds. The Kier molecular flexibility index (Phi) is 7.56. The lowest BCUT2D eigenvalue weighted by Gasteiger charge is -2.35. The van der Waals surface area contributed by atoms with Crippen LogP contribution >= 0.6 is 0 Å². The smallest absolute Gasteiger partial charge is 0.246 e. The minimum atomic E-state index is -0.811. The van der Waals surface area contributed by atoms with Gasteiger partial charge in [0.15, 0.2) is 0 Å². The maximum atomic E-state index is 14.5. The Bertz CT molecular complexity index is 1610. The second-order valence-electron chi connectivity index (χ2n) is 12.5. The van der Waals surface area contributed by atoms with Crippen LogP contribution in [0.15, 0.2) is 84.9 Å². The molecule has 2 aliphatic heterocycles. The topological polar surface area (TPSA) is 106 Å². The first-order valence-electron chi connectivity index (χ1n) is 15.0. The maximum absolute atomic E-state index is 14.5. The van der Waals surface area contributed by atoms with Gasteiger partial charge in [0.2, 0.25) is 17.7 Å². The quantitative estimate of drug-likeness (QED) is 0.261. The number of H-pyrrole nitrogens is 1. The third kappa shape index (κ3) is 5.20. The van der Waals surface area contributed by atoms with Gasteiger partial charge < -0.3 is 25.8 Å². The van der Waals surface area contributed by atoms with E-state index in [4.69, 9.17) is 0 Å². The van der Waals surface area contributed by atoms with Crippen molar-refractivity contribution in [2.45, 2.75) is 63.8 Å². The Labute approximate surface area is 252 Å². The number of aromatic nitrogens is 1. The van der Waals surface area contributed by atoms with Gasteiger partial charge in [0.05, 0.1) is 18.1 Å². The number of hydrogen-bond acceptors (Lipinski definition) is 4. The molecule has 1 unspecified atom stereocenters. The molecule has 4 N–H and O–H groups in total. The molecule has 3 heterocycles. The fourth-order valence-corrected chi connectivity index (χ4v) is 6.88. The molecule has 8 nitrogen and oxygen atoms in total. The van der Waals surface area contributed by atoms with Crippen LogP contribution in [0.25, 0.3) is 10.9 Å². The minimum absolute atomic E-state index is 0.216. The summed E-state index contributed by atoms with van der Waals surface area (Å²) < 4.78 is 0. The molecule has 4 atom stereocenters. The van der Waals surface area contributed by atoms with Crippen LogP contribution in [0.2, 0.25) is 0 Å². The summed E-state index contributed by atoms with van der Waals surface area (Å²) in [4.78, 5) is 47.4. The molecule has 8 heteroatoms. The molecule has 0 saturated carbocycles. The third-order valence-electron chi connectivity index (χ3n) is 9.16. The molecule has 1 fully saturated rings. The molecular formula is C35H39N5O3. The number of carbonyl (C=O) groups excluding carboxylic acids is 3. The van der Waals surface area contributed by atoms with E-state index in [2.05, 4.69) is 40.8 Å². The molecule has 1 aromatic heterocycles. The first-order chi connectivity index (χ1) is 20.7. The van der Waals surface area contributed by atoms with Crippen LogP contribution in [0.3, 0.4) is 0 Å². The van der Waals surface area contributed by atoms with E-state index in [1.165, 1.54) is 0 Å². The number of likely N-dealkylation sites (N-methyl/N-ethyl adjacent to an activating group) is 1. The van der Waals surface area contributed by atoms with Gasteiger partial charge in [0.1, 0.15) is 12.1 Å². The van der Waals surface area contributed by atoms with Gasteiger partial charge in [0.25, 0.3) is 0 Å². The van der Waals surface area contributed by atoms with Gasteiger partial charge in [-0.1, -0.05) is 92.7 Å².